The quantitative estimate of drug-likeness (QED) is 0.427. The van der Waals surface area contributed by atoms with Gasteiger partial charge in [0, 0.05) is 0 Å². The van der Waals surface area contributed by atoms with Gasteiger partial charge in [-0.25, -0.2) is 0 Å². The van der Waals surface area contributed by atoms with Crippen molar-refractivity contribution in [3.8, 4) is 0 Å². The predicted molar refractivity (Wildman–Crippen MR) is 32.2 cm³/mol. The molecule has 60 valence electrons. The Morgan fingerprint density at radius 3 is 1.20 bits per heavy atom. The normalized spacial score (nSPS) is 12.2. The van der Waals surface area contributed by atoms with Crippen LogP contribution < -0.4 is 0 Å². The van der Waals surface area contributed by atoms with E-state index in [1.807, 2.05) is 0 Å². The van der Waals surface area contributed by atoms with Crippen molar-refractivity contribution in [3.05, 3.63) is 0 Å². The third-order valence-electron chi connectivity index (χ3n) is 0.172. The summed E-state index contributed by atoms with van der Waals surface area (Å²) in [5.41, 5.74) is 0. The van der Waals surface area contributed by atoms with Crippen molar-refractivity contribution in [2.45, 2.75) is 0 Å². The maximum atomic E-state index is 9.44. The largest absolute Gasteiger partial charge is 2.00 e. The van der Waals surface area contributed by atoms with E-state index in [-0.39, 0.29) is 40.6 Å². The van der Waals surface area contributed by atoms with Gasteiger partial charge in [-0.15, -0.1) is 3.63 Å². The van der Waals surface area contributed by atoms with Crippen LogP contribution >= 0.6 is 0 Å². The van der Waals surface area contributed by atoms with Gasteiger partial charge in [0.2, 0.25) is 0 Å². The van der Waals surface area contributed by atoms with E-state index >= 15 is 0 Å². The fourth-order valence-corrected chi connectivity index (χ4v) is 0.978. The Balaban J connectivity index is -0.000000107. The summed E-state index contributed by atoms with van der Waals surface area (Å²) in [6, 6.07) is 0. The molecular formula is H4CaO7S2. The molecule has 0 aromatic heterocycles. The first-order valence-electron chi connectivity index (χ1n) is 1.37. The van der Waals surface area contributed by atoms with Gasteiger partial charge in [0.25, 0.3) is 0 Å². The van der Waals surface area contributed by atoms with E-state index in [9.17, 15) is 16.8 Å². The topological polar surface area (TPSA) is 118 Å². The van der Waals surface area contributed by atoms with Crippen molar-refractivity contribution in [2.24, 2.45) is 0 Å². The molecule has 0 rings (SSSR count). The molecule has 0 atom stereocenters. The van der Waals surface area contributed by atoms with Crippen LogP contribution in [0, 0.1) is 0 Å². The second kappa shape index (κ2) is 4.16. The molecule has 0 aliphatic heterocycles. The minimum absolute atomic E-state index is 0. The maximum Gasteiger partial charge on any atom is 2.00 e. The van der Waals surface area contributed by atoms with E-state index in [1.54, 1.807) is 0 Å². The van der Waals surface area contributed by atoms with Gasteiger partial charge in [0.1, 0.15) is 0 Å². The van der Waals surface area contributed by atoms with Crippen molar-refractivity contribution in [2.75, 3.05) is 0 Å². The van der Waals surface area contributed by atoms with Gasteiger partial charge in [0.15, 0.2) is 0 Å². The van der Waals surface area contributed by atoms with Crippen LogP contribution in [0.25, 0.3) is 0 Å². The molecule has 0 radical (unpaired) electrons. The predicted octanol–water partition coefficient (Wildman–Crippen LogP) is -1.55. The Morgan fingerprint density at radius 1 is 1.00 bits per heavy atom. The third kappa shape index (κ3) is 11.8. The third-order valence-corrected chi connectivity index (χ3v) is 1.55. The van der Waals surface area contributed by atoms with Crippen LogP contribution in [0.5, 0.6) is 0 Å². The van der Waals surface area contributed by atoms with E-state index in [2.05, 4.69) is 3.63 Å². The zero-order valence-electron chi connectivity index (χ0n) is 6.46. The van der Waals surface area contributed by atoms with Crippen LogP contribution in [0.1, 0.15) is 2.85 Å². The summed E-state index contributed by atoms with van der Waals surface area (Å²) < 4.78 is 55.6. The number of rotatable bonds is 2. The molecule has 0 aliphatic rings. The standard InChI is InChI=1S/Ca.H2O7S2.2H/c;1-8(2,3)7-9(4,5)6;;/h;(H,1,2,3)(H,4,5,6);;/q+2;;2*-1. The molecule has 0 spiro atoms. The molecule has 0 unspecified atom stereocenters. The van der Waals surface area contributed by atoms with Gasteiger partial charge in [-0.2, -0.15) is 16.8 Å². The average Bonchev–Trinajstić information content (AvgIpc) is 1.14. The maximum absolute atomic E-state index is 9.44. The van der Waals surface area contributed by atoms with Gasteiger partial charge in [-0.1, -0.05) is 0 Å². The monoisotopic (exact) mass is 220 g/mol. The Hall–Kier alpha value is 1.04. The van der Waals surface area contributed by atoms with E-state index in [0.29, 0.717) is 0 Å². The second-order valence-electron chi connectivity index (χ2n) is 0.924. The molecule has 0 aromatic rings. The van der Waals surface area contributed by atoms with Gasteiger partial charge >= 0.3 is 58.5 Å². The molecule has 0 heterocycles. The molecule has 2 N–H and O–H groups in total. The first-order chi connectivity index (χ1) is 3.71. The Labute approximate surface area is 90.2 Å². The SMILES string of the molecule is O=S(=O)(O)OS(=O)(=O)O.[Ca+2].[H-].[H-]. The van der Waals surface area contributed by atoms with Crippen LogP contribution in [0.2, 0.25) is 0 Å². The van der Waals surface area contributed by atoms with Crippen LogP contribution in [0.3, 0.4) is 0 Å². The smallest absolute Gasteiger partial charge is 1.00 e. The van der Waals surface area contributed by atoms with Gasteiger partial charge < -0.3 is 2.85 Å². The second-order valence-corrected chi connectivity index (χ2v) is 3.18. The molecule has 0 amide bonds. The van der Waals surface area contributed by atoms with E-state index < -0.39 is 20.8 Å². The van der Waals surface area contributed by atoms with E-state index in [1.165, 1.54) is 0 Å². The summed E-state index contributed by atoms with van der Waals surface area (Å²) >= 11 is 0. The van der Waals surface area contributed by atoms with Crippen LogP contribution in [0.15, 0.2) is 0 Å². The summed E-state index contributed by atoms with van der Waals surface area (Å²) in [6.07, 6.45) is 0. The Morgan fingerprint density at radius 2 is 1.20 bits per heavy atom. The first kappa shape index (κ1) is 13.6. The summed E-state index contributed by atoms with van der Waals surface area (Å²) in [5.74, 6) is 0. The number of hydrogen-bond acceptors (Lipinski definition) is 5. The zero-order chi connectivity index (χ0) is 7.71. The molecule has 10 heteroatoms. The molecule has 0 aliphatic carbocycles. The fourth-order valence-electron chi connectivity index (χ4n) is 0.109. The van der Waals surface area contributed by atoms with Crippen molar-refractivity contribution >= 4 is 58.5 Å². The summed E-state index contributed by atoms with van der Waals surface area (Å²) in [7, 11) is -10.2. The van der Waals surface area contributed by atoms with Crippen molar-refractivity contribution in [3.63, 3.8) is 0 Å². The first-order valence-corrected chi connectivity index (χ1v) is 4.10. The molecule has 0 bridgehead atoms. The van der Waals surface area contributed by atoms with Crippen LogP contribution in [-0.4, -0.2) is 63.7 Å². The van der Waals surface area contributed by atoms with Crippen molar-refractivity contribution in [1.82, 2.24) is 0 Å². The average molecular weight is 220 g/mol. The summed E-state index contributed by atoms with van der Waals surface area (Å²) in [6.45, 7) is 0. The molecule has 0 fully saturated rings. The molecule has 0 saturated heterocycles. The van der Waals surface area contributed by atoms with Crippen LogP contribution in [-0.2, 0) is 24.4 Å². The summed E-state index contributed by atoms with van der Waals surface area (Å²) in [4.78, 5) is 0. The fraction of sp³-hybridized carbons (Fsp3) is 0. The Bertz CT molecular complexity index is 245. The Kier molecular flexibility index (Phi) is 5.67. The van der Waals surface area contributed by atoms with Crippen LogP contribution in [0.4, 0.5) is 0 Å². The van der Waals surface area contributed by atoms with Gasteiger partial charge in [0.05, 0.1) is 0 Å². The van der Waals surface area contributed by atoms with Gasteiger partial charge in [-0.05, 0) is 0 Å². The zero-order valence-corrected chi connectivity index (χ0v) is 8.30. The van der Waals surface area contributed by atoms with Gasteiger partial charge in [-0.3, -0.25) is 9.11 Å². The molecule has 0 saturated carbocycles. The number of hydrogen-bond donors (Lipinski definition) is 2. The van der Waals surface area contributed by atoms with E-state index in [4.69, 9.17) is 9.11 Å². The summed E-state index contributed by atoms with van der Waals surface area (Å²) in [5, 5.41) is 0. The molecular weight excluding hydrogens is 216 g/mol. The minimum atomic E-state index is -5.12. The van der Waals surface area contributed by atoms with Crippen molar-refractivity contribution < 1.29 is 32.4 Å². The van der Waals surface area contributed by atoms with Crippen molar-refractivity contribution in [1.29, 1.82) is 0 Å². The molecule has 0 aromatic carbocycles. The van der Waals surface area contributed by atoms with E-state index in [0.717, 1.165) is 0 Å². The minimum Gasteiger partial charge on any atom is -1.00 e. The molecule has 7 nitrogen and oxygen atoms in total. The molecule has 10 heavy (non-hydrogen) atoms.